The molecule has 0 amide bonds. The molecular formula is C28H22N2O5. The van der Waals surface area contributed by atoms with Crippen LogP contribution in [-0.2, 0) is 16.2 Å². The zero-order valence-electron chi connectivity index (χ0n) is 19.3. The van der Waals surface area contributed by atoms with Gasteiger partial charge in [-0.05, 0) is 49.7 Å². The molecule has 7 nitrogen and oxygen atoms in total. The highest BCUT2D eigenvalue weighted by atomic mass is 16.7. The Labute approximate surface area is 201 Å². The SMILES string of the molecule is C=CC(=O)O/N=C1\COc2c(ccc3c2c2cc(C(=O)c4ccccc4C)ccc2n3CC)C1=O. The first kappa shape index (κ1) is 22.3. The molecule has 1 aliphatic rings. The third kappa shape index (κ3) is 3.61. The van der Waals surface area contributed by atoms with Gasteiger partial charge in [-0.1, -0.05) is 36.0 Å². The zero-order valence-corrected chi connectivity index (χ0v) is 19.3. The molecule has 1 aromatic heterocycles. The van der Waals surface area contributed by atoms with Gasteiger partial charge in [-0.3, -0.25) is 9.59 Å². The number of benzene rings is 3. The lowest BCUT2D eigenvalue weighted by molar-refractivity contribution is -0.137. The number of fused-ring (bicyclic) bond motifs is 5. The molecule has 0 bridgehead atoms. The number of hydrogen-bond acceptors (Lipinski definition) is 6. The minimum Gasteiger partial charge on any atom is -0.485 e. The summed E-state index contributed by atoms with van der Waals surface area (Å²) in [4.78, 5) is 42.4. The Balaban J connectivity index is 1.68. The van der Waals surface area contributed by atoms with Crippen molar-refractivity contribution >= 4 is 45.1 Å². The van der Waals surface area contributed by atoms with E-state index in [-0.39, 0.29) is 23.9 Å². The van der Waals surface area contributed by atoms with Crippen molar-refractivity contribution in [3.8, 4) is 5.75 Å². The molecule has 3 aromatic carbocycles. The van der Waals surface area contributed by atoms with Gasteiger partial charge < -0.3 is 14.1 Å². The number of ketones is 2. The van der Waals surface area contributed by atoms with E-state index in [1.165, 1.54) is 0 Å². The molecule has 0 fully saturated rings. The Morgan fingerprint density at radius 1 is 1.14 bits per heavy atom. The summed E-state index contributed by atoms with van der Waals surface area (Å²) < 4.78 is 8.11. The molecule has 174 valence electrons. The normalized spacial score (nSPS) is 14.1. The molecule has 35 heavy (non-hydrogen) atoms. The molecule has 0 saturated heterocycles. The van der Waals surface area contributed by atoms with Crippen molar-refractivity contribution in [3.63, 3.8) is 0 Å². The fourth-order valence-electron chi connectivity index (χ4n) is 4.52. The van der Waals surface area contributed by atoms with E-state index >= 15 is 0 Å². The first-order valence-electron chi connectivity index (χ1n) is 11.2. The first-order valence-corrected chi connectivity index (χ1v) is 11.2. The molecule has 0 N–H and O–H groups in total. The van der Waals surface area contributed by atoms with Crippen LogP contribution < -0.4 is 4.74 Å². The minimum atomic E-state index is -0.761. The van der Waals surface area contributed by atoms with Gasteiger partial charge in [0.2, 0.25) is 5.78 Å². The van der Waals surface area contributed by atoms with E-state index in [9.17, 15) is 14.4 Å². The second-order valence-electron chi connectivity index (χ2n) is 8.23. The molecule has 0 radical (unpaired) electrons. The van der Waals surface area contributed by atoms with Crippen LogP contribution in [0.3, 0.4) is 0 Å². The summed E-state index contributed by atoms with van der Waals surface area (Å²) in [6.45, 7) is 7.81. The molecule has 0 unspecified atom stereocenters. The number of carbonyl (C=O) groups excluding carboxylic acids is 3. The summed E-state index contributed by atoms with van der Waals surface area (Å²) >= 11 is 0. The van der Waals surface area contributed by atoms with Crippen molar-refractivity contribution in [1.82, 2.24) is 4.57 Å². The summed E-state index contributed by atoms with van der Waals surface area (Å²) in [5, 5.41) is 5.23. The minimum absolute atomic E-state index is 0.0123. The van der Waals surface area contributed by atoms with Gasteiger partial charge in [0, 0.05) is 34.7 Å². The highest BCUT2D eigenvalue weighted by Gasteiger charge is 2.29. The molecule has 2 heterocycles. The van der Waals surface area contributed by atoms with E-state index < -0.39 is 5.97 Å². The van der Waals surface area contributed by atoms with Gasteiger partial charge in [0.1, 0.15) is 12.4 Å². The van der Waals surface area contributed by atoms with Crippen LogP contribution in [0.25, 0.3) is 21.8 Å². The summed E-state index contributed by atoms with van der Waals surface area (Å²) in [6.07, 6.45) is 0.963. The number of carbonyl (C=O) groups is 3. The summed E-state index contributed by atoms with van der Waals surface area (Å²) in [5.74, 6) is -0.778. The Hall–Kier alpha value is -4.52. The Bertz CT molecular complexity index is 1590. The van der Waals surface area contributed by atoms with Crippen LogP contribution >= 0.6 is 0 Å². The van der Waals surface area contributed by atoms with Crippen LogP contribution in [-0.4, -0.2) is 34.4 Å². The van der Waals surface area contributed by atoms with Crippen molar-refractivity contribution < 1.29 is 24.0 Å². The van der Waals surface area contributed by atoms with Gasteiger partial charge in [0.05, 0.1) is 16.5 Å². The Morgan fingerprint density at radius 2 is 1.91 bits per heavy atom. The van der Waals surface area contributed by atoms with Crippen molar-refractivity contribution in [2.45, 2.75) is 20.4 Å². The number of aryl methyl sites for hydroxylation is 2. The third-order valence-corrected chi connectivity index (χ3v) is 6.22. The summed E-state index contributed by atoms with van der Waals surface area (Å²) in [7, 11) is 0. The third-order valence-electron chi connectivity index (χ3n) is 6.22. The van der Waals surface area contributed by atoms with E-state index in [4.69, 9.17) is 4.74 Å². The van der Waals surface area contributed by atoms with Crippen LogP contribution in [0.4, 0.5) is 0 Å². The van der Waals surface area contributed by atoms with Crippen LogP contribution in [0.15, 0.2) is 72.4 Å². The number of Topliss-reactive ketones (excluding diaryl/α,β-unsaturated/α-hetero) is 1. The van der Waals surface area contributed by atoms with Crippen molar-refractivity contribution in [3.05, 3.63) is 89.5 Å². The van der Waals surface area contributed by atoms with Gasteiger partial charge >= 0.3 is 5.97 Å². The van der Waals surface area contributed by atoms with Crippen molar-refractivity contribution in [1.29, 1.82) is 0 Å². The molecule has 0 saturated carbocycles. The van der Waals surface area contributed by atoms with E-state index in [0.717, 1.165) is 33.4 Å². The maximum atomic E-state index is 13.3. The van der Waals surface area contributed by atoms with Gasteiger partial charge in [-0.2, -0.15) is 0 Å². The predicted molar refractivity (Wildman–Crippen MR) is 133 cm³/mol. The van der Waals surface area contributed by atoms with Gasteiger partial charge in [-0.15, -0.1) is 0 Å². The van der Waals surface area contributed by atoms with Crippen molar-refractivity contribution in [2.24, 2.45) is 5.16 Å². The van der Waals surface area contributed by atoms with E-state index in [0.29, 0.717) is 29.0 Å². The molecule has 5 rings (SSSR count). The molecular weight excluding hydrogens is 444 g/mol. The molecule has 0 aliphatic carbocycles. The highest BCUT2D eigenvalue weighted by Crippen LogP contribution is 2.40. The maximum absolute atomic E-state index is 13.3. The number of oxime groups is 1. The number of aromatic nitrogens is 1. The molecule has 0 spiro atoms. The topological polar surface area (TPSA) is 87.0 Å². The van der Waals surface area contributed by atoms with Crippen molar-refractivity contribution in [2.75, 3.05) is 6.61 Å². The number of ether oxygens (including phenoxy) is 1. The van der Waals surface area contributed by atoms with Gasteiger partial charge in [0.25, 0.3) is 0 Å². The summed E-state index contributed by atoms with van der Waals surface area (Å²) in [5.41, 5.74) is 4.25. The molecule has 0 atom stereocenters. The van der Waals surface area contributed by atoms with Gasteiger partial charge in [-0.25, -0.2) is 4.79 Å². The van der Waals surface area contributed by atoms with Crippen LogP contribution in [0, 0.1) is 6.92 Å². The number of rotatable bonds is 5. The Kier molecular flexibility index (Phi) is 5.53. The monoisotopic (exact) mass is 466 g/mol. The second-order valence-corrected chi connectivity index (χ2v) is 8.23. The fraction of sp³-hybridized carbons (Fsp3) is 0.143. The average Bonchev–Trinajstić information content (AvgIpc) is 3.21. The lowest BCUT2D eigenvalue weighted by atomic mass is 9.96. The lowest BCUT2D eigenvalue weighted by Crippen LogP contribution is -2.28. The molecule has 4 aromatic rings. The second kappa shape index (κ2) is 8.68. The summed E-state index contributed by atoms with van der Waals surface area (Å²) in [6, 6.07) is 16.7. The largest absolute Gasteiger partial charge is 0.485 e. The molecule has 7 heteroatoms. The lowest BCUT2D eigenvalue weighted by Gasteiger charge is -2.18. The van der Waals surface area contributed by atoms with E-state index in [1.807, 2.05) is 62.4 Å². The van der Waals surface area contributed by atoms with Crippen LogP contribution in [0.1, 0.15) is 38.8 Å². The molecule has 1 aliphatic heterocycles. The highest BCUT2D eigenvalue weighted by molar-refractivity contribution is 6.48. The fourth-order valence-corrected chi connectivity index (χ4v) is 4.52. The first-order chi connectivity index (χ1) is 16.9. The quantitative estimate of drug-likeness (QED) is 0.179. The van der Waals surface area contributed by atoms with Gasteiger partial charge in [0.15, 0.2) is 11.5 Å². The zero-order chi connectivity index (χ0) is 24.7. The van der Waals surface area contributed by atoms with Crippen LogP contribution in [0.5, 0.6) is 5.75 Å². The standard InChI is InChI=1S/C28H22N2O5/c1-4-24(31)35-29-21-15-34-28-19(27(21)33)11-13-23-25(28)20-14-17(10-12-22(20)30(23)5-2)26(32)18-9-7-6-8-16(18)3/h4,6-14H,1,5,15H2,2-3H3/b29-21+. The van der Waals surface area contributed by atoms with Crippen LogP contribution in [0.2, 0.25) is 0 Å². The predicted octanol–water partition coefficient (Wildman–Crippen LogP) is 5.01. The number of hydrogen-bond donors (Lipinski definition) is 0. The van der Waals surface area contributed by atoms with E-state index in [2.05, 4.69) is 21.1 Å². The Morgan fingerprint density at radius 3 is 2.66 bits per heavy atom. The van der Waals surface area contributed by atoms with E-state index in [1.54, 1.807) is 6.07 Å². The number of nitrogens with zero attached hydrogens (tertiary/aromatic N) is 2. The average molecular weight is 466 g/mol. The maximum Gasteiger partial charge on any atom is 0.358 e. The smallest absolute Gasteiger partial charge is 0.358 e.